The molecule has 0 aliphatic rings. The molecule has 0 saturated carbocycles. The van der Waals surface area contributed by atoms with E-state index in [-0.39, 0.29) is 145 Å². The molecule has 0 saturated heterocycles. The van der Waals surface area contributed by atoms with E-state index in [1.165, 1.54) is 23.5 Å². The summed E-state index contributed by atoms with van der Waals surface area (Å²) < 4.78 is 5.62. The number of ether oxygens (including phenoxy) is 1. The number of carbonyl (C=O) groups is 2. The normalized spacial score (nSPS) is 10.1. The van der Waals surface area contributed by atoms with Crippen LogP contribution in [0.25, 0.3) is 6.15 Å². The van der Waals surface area contributed by atoms with E-state index in [2.05, 4.69) is 11.2 Å². The fourth-order valence-corrected chi connectivity index (χ4v) is 3.82. The number of carboxylic acids is 1. The number of nitrogens with two attached hydrogens (primary N) is 1. The zero-order valence-electron chi connectivity index (χ0n) is 20.0. The molecule has 0 radical (unpaired) electrons. The summed E-state index contributed by atoms with van der Waals surface area (Å²) >= 11 is 1.21. The van der Waals surface area contributed by atoms with Crippen molar-refractivity contribution in [3.8, 4) is 0 Å². The Hall–Kier alpha value is -0.187. The van der Waals surface area contributed by atoms with Gasteiger partial charge in [-0.1, -0.05) is 65.7 Å². The first-order chi connectivity index (χ1) is 15.5. The Balaban J connectivity index is 0.00000385. The van der Waals surface area contributed by atoms with Crippen molar-refractivity contribution in [3.05, 3.63) is 93.4 Å². The number of carboxylic acid groups (broad SMARTS) is 1. The van der Waals surface area contributed by atoms with E-state index in [0.29, 0.717) is 17.0 Å². The van der Waals surface area contributed by atoms with Gasteiger partial charge in [-0.3, -0.25) is 0 Å². The predicted octanol–water partition coefficient (Wildman–Crippen LogP) is -1.90. The SMILES string of the molecule is Cc1cccc(CCC(=O)[C-]=Nc2scc(COCc3ccc(C(=O)[O-])cc3)c2[C-]=O)c1.[K+].[K+].[NH2-]. The number of hydrogen-bond acceptors (Lipinski definition) is 7. The van der Waals surface area contributed by atoms with Crippen molar-refractivity contribution in [3.63, 3.8) is 0 Å². The molecule has 3 rings (SSSR count). The van der Waals surface area contributed by atoms with Crippen LogP contribution in [-0.2, 0) is 34.0 Å². The number of hydrogen-bond donors (Lipinski definition) is 0. The van der Waals surface area contributed by atoms with Crippen molar-refractivity contribution < 1.29 is 127 Å². The molecule has 0 atom stereocenters. The van der Waals surface area contributed by atoms with Crippen LogP contribution in [-0.4, -0.2) is 24.3 Å². The van der Waals surface area contributed by atoms with E-state index in [1.54, 1.807) is 17.5 Å². The topological polar surface area (TPSA) is 129 Å². The zero-order valence-corrected chi connectivity index (χ0v) is 27.1. The van der Waals surface area contributed by atoms with E-state index in [4.69, 9.17) is 4.74 Å². The Morgan fingerprint density at radius 2 is 1.77 bits per heavy atom. The van der Waals surface area contributed by atoms with Crippen LogP contribution in [0.2, 0.25) is 0 Å². The third-order valence-corrected chi connectivity index (χ3v) is 5.59. The second kappa shape index (κ2) is 18.1. The van der Waals surface area contributed by atoms with Gasteiger partial charge in [0.25, 0.3) is 0 Å². The summed E-state index contributed by atoms with van der Waals surface area (Å²) in [5.41, 5.74) is 3.96. The maximum atomic E-state index is 12.1. The minimum absolute atomic E-state index is 0. The molecule has 0 bridgehead atoms. The summed E-state index contributed by atoms with van der Waals surface area (Å²) in [5.74, 6) is -1.48. The number of aliphatic imine (C=N–C) groups is 1. The second-order valence-electron chi connectivity index (χ2n) is 7.16. The average molecular weight is 541 g/mol. The molecule has 0 unspecified atom stereocenters. The molecule has 0 fully saturated rings. The summed E-state index contributed by atoms with van der Waals surface area (Å²) in [6, 6.07) is 14.1. The van der Waals surface area contributed by atoms with E-state index in [0.717, 1.165) is 16.7 Å². The van der Waals surface area contributed by atoms with Crippen LogP contribution in [0.5, 0.6) is 0 Å². The van der Waals surface area contributed by atoms with Gasteiger partial charge in [0.2, 0.25) is 0 Å². The molecule has 3 aromatic rings. The van der Waals surface area contributed by atoms with E-state index in [1.807, 2.05) is 37.5 Å². The van der Waals surface area contributed by atoms with Crippen molar-refractivity contribution >= 4 is 40.6 Å². The van der Waals surface area contributed by atoms with E-state index >= 15 is 0 Å². The molecule has 2 N–H and O–H groups in total. The Kier molecular flexibility index (Phi) is 18.0. The maximum absolute atomic E-state index is 12.1. The molecule has 1 aromatic heterocycles. The van der Waals surface area contributed by atoms with Crippen LogP contribution >= 0.6 is 11.3 Å². The fraction of sp³-hybridized carbons (Fsp3) is 0.200. The van der Waals surface area contributed by atoms with Gasteiger partial charge in [0.05, 0.1) is 24.6 Å². The van der Waals surface area contributed by atoms with Crippen molar-refractivity contribution in [2.24, 2.45) is 4.99 Å². The van der Waals surface area contributed by atoms with Gasteiger partial charge in [-0.05, 0) is 41.5 Å². The Morgan fingerprint density at radius 1 is 1.06 bits per heavy atom. The molecule has 0 aliphatic heterocycles. The minimum Gasteiger partial charge on any atom is -0.693 e. The molecule has 7 nitrogen and oxygen atoms in total. The third-order valence-electron chi connectivity index (χ3n) is 4.67. The minimum atomic E-state index is -1.24. The van der Waals surface area contributed by atoms with Crippen LogP contribution in [0, 0.1) is 6.92 Å². The second-order valence-corrected chi connectivity index (χ2v) is 8.01. The Bertz CT molecular complexity index is 1150. The van der Waals surface area contributed by atoms with Crippen molar-refractivity contribution in [1.82, 2.24) is 0 Å². The van der Waals surface area contributed by atoms with Crippen molar-refractivity contribution in [2.45, 2.75) is 33.0 Å². The first-order valence-electron chi connectivity index (χ1n) is 9.88. The van der Waals surface area contributed by atoms with E-state index < -0.39 is 5.97 Å². The Morgan fingerprint density at radius 3 is 2.40 bits per heavy atom. The molecule has 1 heterocycles. The number of nitrogens with zero attached hydrogens (tertiary/aromatic N) is 1. The van der Waals surface area contributed by atoms with Gasteiger partial charge in [-0.2, -0.15) is 0 Å². The summed E-state index contributed by atoms with van der Waals surface area (Å²) in [6.07, 6.45) is 5.24. The number of thiophene rings is 1. The smallest absolute Gasteiger partial charge is 0.693 e. The zero-order chi connectivity index (χ0) is 22.9. The van der Waals surface area contributed by atoms with Crippen LogP contribution in [0.15, 0.2) is 58.9 Å². The number of ketones is 1. The van der Waals surface area contributed by atoms with Gasteiger partial charge >= 0.3 is 103 Å². The molecule has 2 aromatic carbocycles. The molecule has 0 spiro atoms. The monoisotopic (exact) mass is 540 g/mol. The largest absolute Gasteiger partial charge is 1.00 e. The van der Waals surface area contributed by atoms with Gasteiger partial charge in [0.15, 0.2) is 0 Å². The van der Waals surface area contributed by atoms with E-state index in [9.17, 15) is 19.5 Å². The molecular weight excluding hydrogens is 519 g/mol. The number of carbonyl (C=O) groups excluding carboxylic acids is 3. The summed E-state index contributed by atoms with van der Waals surface area (Å²) in [4.78, 5) is 38.4. The van der Waals surface area contributed by atoms with Crippen LogP contribution in [0.4, 0.5) is 5.00 Å². The molecule has 0 amide bonds. The van der Waals surface area contributed by atoms with Crippen molar-refractivity contribution in [2.75, 3.05) is 0 Å². The quantitative estimate of drug-likeness (QED) is 0.159. The van der Waals surface area contributed by atoms with Gasteiger partial charge in [0.1, 0.15) is 0 Å². The standard InChI is InChI=1S/C25H21NO5S.2K.H2N/c1-17-3-2-4-18(11-17)7-10-22(28)12-26-24-23(13-27)21(16-32-24)15-31-14-19-5-8-20(9-6-19)25(29)30;;;/h2-6,8-9,11,16H,7,10,14-15H2,1H3,(H,29,30);;;1H2/q-2;2*+1;-1/p-1. The molecular formula is C25H22K2N2O5S-2. The molecule has 10 heteroatoms. The number of Topliss-reactive ketones (excluding diaryl/α,β-unsaturated/α-hetero) is 1. The van der Waals surface area contributed by atoms with Crippen molar-refractivity contribution in [1.29, 1.82) is 0 Å². The number of aryl methyl sites for hydroxylation is 2. The summed E-state index contributed by atoms with van der Waals surface area (Å²) in [5, 5.41) is 12.9. The first-order valence-corrected chi connectivity index (χ1v) is 10.8. The third kappa shape index (κ3) is 11.4. The van der Waals surface area contributed by atoms with Crippen LogP contribution in [0.3, 0.4) is 0 Å². The fourth-order valence-electron chi connectivity index (χ4n) is 2.99. The Labute approximate surface area is 294 Å². The van der Waals surface area contributed by atoms with Crippen LogP contribution in [0.1, 0.15) is 44.6 Å². The number of benzene rings is 2. The van der Waals surface area contributed by atoms with Crippen LogP contribution < -0.4 is 108 Å². The number of aromatic carboxylic acids is 1. The van der Waals surface area contributed by atoms with Gasteiger partial charge < -0.3 is 35.4 Å². The number of rotatable bonds is 11. The van der Waals surface area contributed by atoms with Gasteiger partial charge in [-0.15, -0.1) is 11.1 Å². The first kappa shape index (κ1) is 34.8. The predicted molar refractivity (Wildman–Crippen MR) is 125 cm³/mol. The van der Waals surface area contributed by atoms with Gasteiger partial charge in [-0.25, -0.2) is 11.3 Å². The maximum Gasteiger partial charge on any atom is 1.00 e. The average Bonchev–Trinajstić information content (AvgIpc) is 3.18. The molecule has 35 heavy (non-hydrogen) atoms. The summed E-state index contributed by atoms with van der Waals surface area (Å²) in [6.45, 7) is 2.39. The molecule has 0 aliphatic carbocycles. The molecule has 172 valence electrons. The summed E-state index contributed by atoms with van der Waals surface area (Å²) in [7, 11) is 0. The van der Waals surface area contributed by atoms with Gasteiger partial charge in [0, 0.05) is 6.61 Å².